The SMILES string of the molecule is O=C(CSCc1ccc(C(=O)O)cc1)NC12CC3CC(CC(C3)C1)C2. The monoisotopic (exact) mass is 359 g/mol. The zero-order valence-corrected chi connectivity index (χ0v) is 15.2. The van der Waals surface area contributed by atoms with Crippen LogP contribution in [0.25, 0.3) is 0 Å². The average Bonchev–Trinajstić information content (AvgIpc) is 2.53. The summed E-state index contributed by atoms with van der Waals surface area (Å²) in [4.78, 5) is 23.3. The molecule has 1 amide bonds. The Labute approximate surface area is 152 Å². The van der Waals surface area contributed by atoms with E-state index < -0.39 is 5.97 Å². The summed E-state index contributed by atoms with van der Waals surface area (Å²) < 4.78 is 0. The van der Waals surface area contributed by atoms with Gasteiger partial charge >= 0.3 is 5.97 Å². The number of carboxylic acids is 1. The van der Waals surface area contributed by atoms with E-state index in [0.29, 0.717) is 11.3 Å². The van der Waals surface area contributed by atoms with E-state index in [1.165, 1.54) is 38.5 Å². The third-order valence-electron chi connectivity index (χ3n) is 6.15. The van der Waals surface area contributed by atoms with Crippen molar-refractivity contribution in [3.05, 3.63) is 35.4 Å². The van der Waals surface area contributed by atoms with Gasteiger partial charge in [0, 0.05) is 11.3 Å². The first kappa shape index (κ1) is 17.0. The molecule has 0 heterocycles. The molecule has 0 spiro atoms. The number of thioether (sulfide) groups is 1. The third kappa shape index (κ3) is 3.71. The van der Waals surface area contributed by atoms with Crippen LogP contribution >= 0.6 is 11.8 Å². The van der Waals surface area contributed by atoms with Crippen molar-refractivity contribution < 1.29 is 14.7 Å². The van der Waals surface area contributed by atoms with Gasteiger partial charge in [-0.2, -0.15) is 0 Å². The molecule has 4 fully saturated rings. The lowest BCUT2D eigenvalue weighted by Crippen LogP contribution is -2.60. The molecule has 0 aromatic heterocycles. The van der Waals surface area contributed by atoms with Crippen molar-refractivity contribution in [2.24, 2.45) is 17.8 Å². The first-order valence-corrected chi connectivity index (χ1v) is 10.4. The molecular weight excluding hydrogens is 334 g/mol. The quantitative estimate of drug-likeness (QED) is 0.813. The highest BCUT2D eigenvalue weighted by Gasteiger charge is 2.51. The maximum absolute atomic E-state index is 12.5. The molecule has 5 heteroatoms. The first-order chi connectivity index (χ1) is 12.0. The number of amides is 1. The molecule has 0 aliphatic heterocycles. The van der Waals surface area contributed by atoms with Crippen LogP contribution in [0.15, 0.2) is 24.3 Å². The molecule has 4 saturated carbocycles. The molecular formula is C20H25NO3S. The van der Waals surface area contributed by atoms with Crippen molar-refractivity contribution in [2.75, 3.05) is 5.75 Å². The summed E-state index contributed by atoms with van der Waals surface area (Å²) in [5.74, 6) is 2.98. The van der Waals surface area contributed by atoms with Crippen molar-refractivity contribution in [3.63, 3.8) is 0 Å². The van der Waals surface area contributed by atoms with Crippen LogP contribution in [0.4, 0.5) is 0 Å². The number of carbonyl (C=O) groups excluding carboxylic acids is 1. The van der Waals surface area contributed by atoms with Gasteiger partial charge in [-0.1, -0.05) is 12.1 Å². The summed E-state index contributed by atoms with van der Waals surface area (Å²) in [6.45, 7) is 0. The lowest BCUT2D eigenvalue weighted by molar-refractivity contribution is -0.124. The molecule has 0 atom stereocenters. The zero-order chi connectivity index (χ0) is 17.4. The van der Waals surface area contributed by atoms with Crippen molar-refractivity contribution in [1.29, 1.82) is 0 Å². The van der Waals surface area contributed by atoms with E-state index in [4.69, 9.17) is 5.11 Å². The topological polar surface area (TPSA) is 66.4 Å². The highest BCUT2D eigenvalue weighted by atomic mass is 32.2. The first-order valence-electron chi connectivity index (χ1n) is 9.22. The molecule has 4 bridgehead atoms. The minimum absolute atomic E-state index is 0.0928. The van der Waals surface area contributed by atoms with Crippen LogP contribution in [0.2, 0.25) is 0 Å². The molecule has 1 aromatic carbocycles. The van der Waals surface area contributed by atoms with Gasteiger partial charge in [0.05, 0.1) is 11.3 Å². The minimum Gasteiger partial charge on any atom is -0.478 e. The Kier molecular flexibility index (Phi) is 4.52. The van der Waals surface area contributed by atoms with Crippen molar-refractivity contribution in [1.82, 2.24) is 5.32 Å². The standard InChI is InChI=1S/C20H25NO3S/c22-18(12-25-11-13-1-3-17(4-2-13)19(23)24)21-20-8-14-5-15(9-20)7-16(6-14)10-20/h1-4,14-16H,5-12H2,(H,21,22)(H,23,24). The second-order valence-corrected chi connectivity index (χ2v) is 9.23. The molecule has 25 heavy (non-hydrogen) atoms. The number of rotatable bonds is 6. The molecule has 4 aliphatic carbocycles. The third-order valence-corrected chi connectivity index (χ3v) is 7.15. The highest BCUT2D eigenvalue weighted by Crippen LogP contribution is 2.55. The van der Waals surface area contributed by atoms with Gasteiger partial charge in [-0.15, -0.1) is 11.8 Å². The second-order valence-electron chi connectivity index (χ2n) is 8.24. The second kappa shape index (κ2) is 6.67. The van der Waals surface area contributed by atoms with E-state index in [-0.39, 0.29) is 11.4 Å². The van der Waals surface area contributed by atoms with Gasteiger partial charge in [-0.25, -0.2) is 4.79 Å². The lowest BCUT2D eigenvalue weighted by atomic mass is 9.53. The number of benzene rings is 1. The predicted octanol–water partition coefficient (Wildman–Crippen LogP) is 3.70. The largest absolute Gasteiger partial charge is 0.478 e. The molecule has 0 radical (unpaired) electrons. The van der Waals surface area contributed by atoms with Crippen molar-refractivity contribution >= 4 is 23.6 Å². The Bertz CT molecular complexity index is 635. The summed E-state index contributed by atoms with van der Waals surface area (Å²) >= 11 is 1.60. The predicted molar refractivity (Wildman–Crippen MR) is 98.6 cm³/mol. The highest BCUT2D eigenvalue weighted by molar-refractivity contribution is 7.99. The van der Waals surface area contributed by atoms with Crippen LogP contribution in [0.3, 0.4) is 0 Å². The van der Waals surface area contributed by atoms with Crippen LogP contribution in [0, 0.1) is 17.8 Å². The van der Waals surface area contributed by atoms with E-state index in [2.05, 4.69) is 5.32 Å². The molecule has 0 saturated heterocycles. The Hall–Kier alpha value is -1.49. The Morgan fingerprint density at radius 1 is 1.04 bits per heavy atom. The zero-order valence-electron chi connectivity index (χ0n) is 14.4. The number of carbonyl (C=O) groups is 2. The number of hydrogen-bond donors (Lipinski definition) is 2. The molecule has 5 rings (SSSR count). The van der Waals surface area contributed by atoms with Gasteiger partial charge in [0.15, 0.2) is 0 Å². The molecule has 4 nitrogen and oxygen atoms in total. The summed E-state index contributed by atoms with van der Waals surface area (Å²) in [6, 6.07) is 6.89. The Morgan fingerprint density at radius 3 is 2.12 bits per heavy atom. The van der Waals surface area contributed by atoms with Crippen molar-refractivity contribution in [2.45, 2.75) is 49.8 Å². The van der Waals surface area contributed by atoms with Gasteiger partial charge in [0.25, 0.3) is 0 Å². The van der Waals surface area contributed by atoms with Crippen molar-refractivity contribution in [3.8, 4) is 0 Å². The van der Waals surface area contributed by atoms with Gasteiger partial charge < -0.3 is 10.4 Å². The molecule has 134 valence electrons. The summed E-state index contributed by atoms with van der Waals surface area (Å²) in [5, 5.41) is 12.3. The Balaban J connectivity index is 1.26. The lowest BCUT2D eigenvalue weighted by Gasteiger charge is -2.56. The normalized spacial score (nSPS) is 32.6. The summed E-state index contributed by atoms with van der Waals surface area (Å²) in [5.41, 5.74) is 1.45. The average molecular weight is 359 g/mol. The van der Waals surface area contributed by atoms with Gasteiger partial charge in [-0.3, -0.25) is 4.79 Å². The minimum atomic E-state index is -0.908. The summed E-state index contributed by atoms with van der Waals surface area (Å²) in [7, 11) is 0. The number of hydrogen-bond acceptors (Lipinski definition) is 3. The van der Waals surface area contributed by atoms with E-state index in [1.54, 1.807) is 23.9 Å². The van der Waals surface area contributed by atoms with Crippen LogP contribution in [0.1, 0.15) is 54.4 Å². The van der Waals surface area contributed by atoms with E-state index in [1.807, 2.05) is 12.1 Å². The van der Waals surface area contributed by atoms with Crippen LogP contribution in [0.5, 0.6) is 0 Å². The maximum Gasteiger partial charge on any atom is 0.335 e. The fourth-order valence-electron chi connectivity index (χ4n) is 5.60. The van der Waals surface area contributed by atoms with Gasteiger partial charge in [0.2, 0.25) is 5.91 Å². The van der Waals surface area contributed by atoms with E-state index in [9.17, 15) is 9.59 Å². The number of nitrogens with one attached hydrogen (secondary N) is 1. The molecule has 1 aromatic rings. The smallest absolute Gasteiger partial charge is 0.335 e. The number of carboxylic acid groups (broad SMARTS) is 1. The maximum atomic E-state index is 12.5. The fourth-order valence-corrected chi connectivity index (χ4v) is 6.39. The van der Waals surface area contributed by atoms with E-state index >= 15 is 0 Å². The van der Waals surface area contributed by atoms with E-state index in [0.717, 1.165) is 29.1 Å². The molecule has 4 aliphatic rings. The Morgan fingerprint density at radius 2 is 1.60 bits per heavy atom. The molecule has 2 N–H and O–H groups in total. The van der Waals surface area contributed by atoms with Gasteiger partial charge in [0.1, 0.15) is 0 Å². The van der Waals surface area contributed by atoms with Crippen LogP contribution < -0.4 is 5.32 Å². The molecule has 0 unspecified atom stereocenters. The summed E-state index contributed by atoms with van der Waals surface area (Å²) in [6.07, 6.45) is 7.72. The van der Waals surface area contributed by atoms with Gasteiger partial charge in [-0.05, 0) is 74.0 Å². The van der Waals surface area contributed by atoms with Crippen LogP contribution in [-0.4, -0.2) is 28.3 Å². The number of aromatic carboxylic acids is 1. The van der Waals surface area contributed by atoms with Crippen LogP contribution in [-0.2, 0) is 10.5 Å². The fraction of sp³-hybridized carbons (Fsp3) is 0.600.